The Hall–Kier alpha value is 0.160. The zero-order valence-electron chi connectivity index (χ0n) is 9.46. The Bertz CT molecular complexity index is 220. The standard InChI is InChI=1S/C12H22FOP/c13-15(14,11-7-3-1-4-8-11)12-9-5-2-6-10-12/h11-12H,1-10H2. The van der Waals surface area contributed by atoms with Gasteiger partial charge in [0.05, 0.1) is 0 Å². The highest BCUT2D eigenvalue weighted by Crippen LogP contribution is 2.63. The van der Waals surface area contributed by atoms with Gasteiger partial charge in [-0.15, -0.1) is 0 Å². The lowest BCUT2D eigenvalue weighted by Gasteiger charge is -2.32. The van der Waals surface area contributed by atoms with E-state index in [2.05, 4.69) is 0 Å². The maximum Gasteiger partial charge on any atom is 0.250 e. The molecule has 3 heteroatoms. The fourth-order valence-corrected chi connectivity index (χ4v) is 5.90. The first kappa shape index (κ1) is 11.6. The largest absolute Gasteiger partial charge is 0.287 e. The van der Waals surface area contributed by atoms with Crippen molar-refractivity contribution in [3.63, 3.8) is 0 Å². The molecule has 15 heavy (non-hydrogen) atoms. The summed E-state index contributed by atoms with van der Waals surface area (Å²) >= 11 is 0. The van der Waals surface area contributed by atoms with Gasteiger partial charge in [0.1, 0.15) is 0 Å². The summed E-state index contributed by atoms with van der Waals surface area (Å²) in [7, 11) is -3.34. The zero-order chi connectivity index (χ0) is 10.7. The van der Waals surface area contributed by atoms with Gasteiger partial charge in [-0.25, -0.2) is 0 Å². The molecule has 0 N–H and O–H groups in total. The normalized spacial score (nSPS) is 26.7. The van der Waals surface area contributed by atoms with Gasteiger partial charge in [0.2, 0.25) is 7.45 Å². The predicted molar refractivity (Wildman–Crippen MR) is 62.5 cm³/mol. The lowest BCUT2D eigenvalue weighted by atomic mass is 10.00. The van der Waals surface area contributed by atoms with Crippen LogP contribution >= 0.6 is 7.45 Å². The van der Waals surface area contributed by atoms with Gasteiger partial charge < -0.3 is 0 Å². The van der Waals surface area contributed by atoms with Crippen LogP contribution in [0.3, 0.4) is 0 Å². The minimum Gasteiger partial charge on any atom is -0.287 e. The molecule has 2 aliphatic rings. The topological polar surface area (TPSA) is 17.1 Å². The minimum absolute atomic E-state index is 0.0747. The Balaban J connectivity index is 1.99. The lowest BCUT2D eigenvalue weighted by molar-refractivity contribution is 0.422. The van der Waals surface area contributed by atoms with Gasteiger partial charge >= 0.3 is 0 Å². The predicted octanol–water partition coefficient (Wildman–Crippen LogP) is 4.90. The highest BCUT2D eigenvalue weighted by Gasteiger charge is 2.41. The third-order valence-electron chi connectivity index (χ3n) is 4.15. The summed E-state index contributed by atoms with van der Waals surface area (Å²) in [6, 6.07) is 0. The molecule has 0 amide bonds. The highest BCUT2D eigenvalue weighted by atomic mass is 31.2. The molecule has 0 heterocycles. The van der Waals surface area contributed by atoms with Crippen molar-refractivity contribution in [3.8, 4) is 0 Å². The fraction of sp³-hybridized carbons (Fsp3) is 1.00. The second kappa shape index (κ2) is 4.99. The number of hydrogen-bond acceptors (Lipinski definition) is 1. The molecule has 0 spiro atoms. The third kappa shape index (κ3) is 2.64. The maximum atomic E-state index is 14.4. The number of rotatable bonds is 2. The van der Waals surface area contributed by atoms with E-state index in [1.54, 1.807) is 0 Å². The Kier molecular flexibility index (Phi) is 3.88. The summed E-state index contributed by atoms with van der Waals surface area (Å²) in [5, 5.41) is 0. The van der Waals surface area contributed by atoms with Gasteiger partial charge in [-0.1, -0.05) is 38.5 Å². The summed E-state index contributed by atoms with van der Waals surface area (Å²) in [6.45, 7) is 0. The molecular formula is C12H22FOP. The van der Waals surface area contributed by atoms with E-state index < -0.39 is 7.45 Å². The van der Waals surface area contributed by atoms with E-state index in [9.17, 15) is 8.76 Å². The van der Waals surface area contributed by atoms with Gasteiger partial charge in [0.25, 0.3) is 0 Å². The molecule has 88 valence electrons. The van der Waals surface area contributed by atoms with Crippen molar-refractivity contribution in [2.24, 2.45) is 0 Å². The molecule has 1 nitrogen and oxygen atoms in total. The van der Waals surface area contributed by atoms with Crippen LogP contribution in [0.5, 0.6) is 0 Å². The van der Waals surface area contributed by atoms with Crippen molar-refractivity contribution < 1.29 is 8.76 Å². The highest BCUT2D eigenvalue weighted by molar-refractivity contribution is 7.60. The summed E-state index contributed by atoms with van der Waals surface area (Å²) < 4.78 is 26.7. The van der Waals surface area contributed by atoms with E-state index in [-0.39, 0.29) is 11.3 Å². The summed E-state index contributed by atoms with van der Waals surface area (Å²) in [5.41, 5.74) is -0.149. The van der Waals surface area contributed by atoms with Crippen molar-refractivity contribution in [2.45, 2.75) is 75.5 Å². The fourth-order valence-electron chi connectivity index (χ4n) is 3.16. The molecule has 2 fully saturated rings. The summed E-state index contributed by atoms with van der Waals surface area (Å²) in [6.07, 6.45) is 10.3. The Morgan fingerprint density at radius 3 is 1.40 bits per heavy atom. The Morgan fingerprint density at radius 2 is 1.07 bits per heavy atom. The van der Waals surface area contributed by atoms with Crippen LogP contribution in [0.4, 0.5) is 4.20 Å². The van der Waals surface area contributed by atoms with Crippen LogP contribution in [-0.2, 0) is 4.57 Å². The van der Waals surface area contributed by atoms with Crippen LogP contribution < -0.4 is 0 Å². The molecule has 0 aromatic rings. The molecule has 2 saturated carbocycles. The summed E-state index contributed by atoms with van der Waals surface area (Å²) in [4.78, 5) is 0. The number of halogens is 1. The third-order valence-corrected chi connectivity index (χ3v) is 7.17. The number of hydrogen-bond donors (Lipinski definition) is 0. The van der Waals surface area contributed by atoms with E-state index in [0.717, 1.165) is 51.4 Å². The molecule has 0 atom stereocenters. The van der Waals surface area contributed by atoms with Crippen molar-refractivity contribution >= 4 is 7.45 Å². The van der Waals surface area contributed by atoms with Gasteiger partial charge in [0, 0.05) is 11.3 Å². The van der Waals surface area contributed by atoms with E-state index in [4.69, 9.17) is 0 Å². The zero-order valence-corrected chi connectivity index (χ0v) is 10.4. The van der Waals surface area contributed by atoms with E-state index in [1.165, 1.54) is 12.8 Å². The minimum atomic E-state index is -3.34. The van der Waals surface area contributed by atoms with Crippen LogP contribution in [-0.4, -0.2) is 11.3 Å². The molecule has 0 radical (unpaired) electrons. The molecule has 0 aromatic heterocycles. The molecule has 2 rings (SSSR count). The first-order valence-electron chi connectivity index (χ1n) is 6.50. The molecule has 0 aromatic carbocycles. The molecule has 0 unspecified atom stereocenters. The van der Waals surface area contributed by atoms with Gasteiger partial charge in [0.15, 0.2) is 0 Å². The van der Waals surface area contributed by atoms with Crippen LogP contribution in [0.25, 0.3) is 0 Å². The molecule has 0 saturated heterocycles. The van der Waals surface area contributed by atoms with Crippen molar-refractivity contribution in [2.75, 3.05) is 0 Å². The van der Waals surface area contributed by atoms with Crippen LogP contribution in [0, 0.1) is 0 Å². The maximum absolute atomic E-state index is 14.4. The average molecular weight is 232 g/mol. The van der Waals surface area contributed by atoms with E-state index in [1.807, 2.05) is 0 Å². The quantitative estimate of drug-likeness (QED) is 0.619. The van der Waals surface area contributed by atoms with Gasteiger partial charge in [-0.3, -0.25) is 4.57 Å². The van der Waals surface area contributed by atoms with Crippen LogP contribution in [0.2, 0.25) is 0 Å². The summed E-state index contributed by atoms with van der Waals surface area (Å²) in [5.74, 6) is 0. The molecule has 0 aliphatic heterocycles. The van der Waals surface area contributed by atoms with Gasteiger partial charge in [-0.05, 0) is 25.7 Å². The monoisotopic (exact) mass is 232 g/mol. The Labute approximate surface area is 92.3 Å². The first-order valence-corrected chi connectivity index (χ1v) is 8.24. The van der Waals surface area contributed by atoms with Crippen molar-refractivity contribution in [1.29, 1.82) is 0 Å². The van der Waals surface area contributed by atoms with Crippen LogP contribution in [0.15, 0.2) is 0 Å². The SMILES string of the molecule is O=P(F)(C1CCCCC1)C1CCCCC1. The van der Waals surface area contributed by atoms with Crippen molar-refractivity contribution in [1.82, 2.24) is 0 Å². The second-order valence-electron chi connectivity index (χ2n) is 5.21. The first-order chi connectivity index (χ1) is 7.21. The molecule has 0 bridgehead atoms. The van der Waals surface area contributed by atoms with Gasteiger partial charge in [-0.2, -0.15) is 4.20 Å². The van der Waals surface area contributed by atoms with E-state index >= 15 is 0 Å². The Morgan fingerprint density at radius 1 is 0.733 bits per heavy atom. The smallest absolute Gasteiger partial charge is 0.250 e. The second-order valence-corrected chi connectivity index (χ2v) is 7.92. The average Bonchev–Trinajstić information content (AvgIpc) is 2.31. The molecule has 2 aliphatic carbocycles. The lowest BCUT2D eigenvalue weighted by Crippen LogP contribution is -2.21. The molecular weight excluding hydrogens is 210 g/mol. The van der Waals surface area contributed by atoms with Crippen molar-refractivity contribution in [3.05, 3.63) is 0 Å². The van der Waals surface area contributed by atoms with E-state index in [0.29, 0.717) is 0 Å². The van der Waals surface area contributed by atoms with Crippen LogP contribution in [0.1, 0.15) is 64.2 Å².